The summed E-state index contributed by atoms with van der Waals surface area (Å²) in [4.78, 5) is 6.61. The van der Waals surface area contributed by atoms with E-state index in [9.17, 15) is 0 Å². The highest BCUT2D eigenvalue weighted by Crippen LogP contribution is 2.19. The number of hydrogen-bond acceptors (Lipinski definition) is 3. The number of hydrogen-bond donors (Lipinski definition) is 1. The summed E-state index contributed by atoms with van der Waals surface area (Å²) in [7, 11) is 2.20. The SMILES string of the molecule is C[C@H](N)c1cncn1CC1CCCN(C)C1. The Bertz CT molecular complexity index is 332. The van der Waals surface area contributed by atoms with Gasteiger partial charge in [-0.1, -0.05) is 0 Å². The van der Waals surface area contributed by atoms with Gasteiger partial charge < -0.3 is 15.2 Å². The van der Waals surface area contributed by atoms with Crippen molar-refractivity contribution in [3.63, 3.8) is 0 Å². The number of imidazole rings is 1. The Morgan fingerprint density at radius 1 is 1.62 bits per heavy atom. The summed E-state index contributed by atoms with van der Waals surface area (Å²) in [5.41, 5.74) is 7.07. The third kappa shape index (κ3) is 2.62. The molecule has 2 atom stereocenters. The van der Waals surface area contributed by atoms with E-state index in [1.807, 2.05) is 19.4 Å². The Hall–Kier alpha value is -0.870. The van der Waals surface area contributed by atoms with Gasteiger partial charge in [0.25, 0.3) is 0 Å². The zero-order valence-corrected chi connectivity index (χ0v) is 10.3. The van der Waals surface area contributed by atoms with Gasteiger partial charge in [0, 0.05) is 25.3 Å². The molecule has 0 saturated carbocycles. The quantitative estimate of drug-likeness (QED) is 0.837. The van der Waals surface area contributed by atoms with Crippen molar-refractivity contribution < 1.29 is 0 Å². The molecule has 90 valence electrons. The van der Waals surface area contributed by atoms with Crippen molar-refractivity contribution in [2.24, 2.45) is 11.7 Å². The molecule has 2 heterocycles. The fourth-order valence-electron chi connectivity index (χ4n) is 2.56. The van der Waals surface area contributed by atoms with Gasteiger partial charge >= 0.3 is 0 Å². The molecule has 0 aliphatic carbocycles. The fourth-order valence-corrected chi connectivity index (χ4v) is 2.56. The van der Waals surface area contributed by atoms with Crippen LogP contribution in [0.15, 0.2) is 12.5 Å². The molecular weight excluding hydrogens is 200 g/mol. The summed E-state index contributed by atoms with van der Waals surface area (Å²) >= 11 is 0. The van der Waals surface area contributed by atoms with Gasteiger partial charge in [0.2, 0.25) is 0 Å². The number of nitrogens with zero attached hydrogens (tertiary/aromatic N) is 3. The maximum Gasteiger partial charge on any atom is 0.0948 e. The van der Waals surface area contributed by atoms with Crippen molar-refractivity contribution in [2.75, 3.05) is 20.1 Å². The van der Waals surface area contributed by atoms with E-state index in [0.717, 1.165) is 18.2 Å². The van der Waals surface area contributed by atoms with Crippen LogP contribution >= 0.6 is 0 Å². The van der Waals surface area contributed by atoms with Crippen LogP contribution in [0.2, 0.25) is 0 Å². The number of likely N-dealkylation sites (tertiary alicyclic amines) is 1. The smallest absolute Gasteiger partial charge is 0.0948 e. The summed E-state index contributed by atoms with van der Waals surface area (Å²) < 4.78 is 2.22. The first-order valence-electron chi connectivity index (χ1n) is 6.11. The molecule has 0 bridgehead atoms. The van der Waals surface area contributed by atoms with Crippen molar-refractivity contribution in [3.05, 3.63) is 18.2 Å². The lowest BCUT2D eigenvalue weighted by Crippen LogP contribution is -2.34. The average Bonchev–Trinajstić information content (AvgIpc) is 2.66. The van der Waals surface area contributed by atoms with Crippen molar-refractivity contribution in [2.45, 2.75) is 32.4 Å². The number of aromatic nitrogens is 2. The van der Waals surface area contributed by atoms with Crippen molar-refractivity contribution in [1.29, 1.82) is 0 Å². The van der Waals surface area contributed by atoms with Gasteiger partial charge in [0.05, 0.1) is 12.0 Å². The van der Waals surface area contributed by atoms with Crippen LogP contribution in [0, 0.1) is 5.92 Å². The second-order valence-electron chi connectivity index (χ2n) is 5.03. The maximum absolute atomic E-state index is 5.92. The molecule has 0 radical (unpaired) electrons. The van der Waals surface area contributed by atoms with Crippen LogP contribution in [0.25, 0.3) is 0 Å². The van der Waals surface area contributed by atoms with Crippen LogP contribution < -0.4 is 5.73 Å². The zero-order valence-electron chi connectivity index (χ0n) is 10.3. The molecule has 1 saturated heterocycles. The van der Waals surface area contributed by atoms with E-state index in [4.69, 9.17) is 5.73 Å². The molecule has 1 aromatic rings. The highest BCUT2D eigenvalue weighted by molar-refractivity contribution is 5.03. The van der Waals surface area contributed by atoms with Crippen molar-refractivity contribution >= 4 is 0 Å². The van der Waals surface area contributed by atoms with Crippen molar-refractivity contribution in [3.8, 4) is 0 Å². The Kier molecular flexibility index (Phi) is 3.61. The predicted molar refractivity (Wildman–Crippen MR) is 65.1 cm³/mol. The highest BCUT2D eigenvalue weighted by atomic mass is 15.1. The molecule has 2 N–H and O–H groups in total. The van der Waals surface area contributed by atoms with Gasteiger partial charge in [-0.05, 0) is 39.3 Å². The van der Waals surface area contributed by atoms with Gasteiger partial charge in [-0.15, -0.1) is 0 Å². The van der Waals surface area contributed by atoms with Gasteiger partial charge in [-0.2, -0.15) is 0 Å². The monoisotopic (exact) mass is 222 g/mol. The third-order valence-electron chi connectivity index (χ3n) is 3.39. The molecule has 1 aliphatic heterocycles. The second kappa shape index (κ2) is 4.97. The molecule has 0 amide bonds. The van der Waals surface area contributed by atoms with Gasteiger partial charge in [0.1, 0.15) is 0 Å². The molecule has 1 unspecified atom stereocenters. The third-order valence-corrected chi connectivity index (χ3v) is 3.39. The van der Waals surface area contributed by atoms with E-state index in [1.54, 1.807) is 0 Å². The van der Waals surface area contributed by atoms with E-state index in [1.165, 1.54) is 25.9 Å². The van der Waals surface area contributed by atoms with Gasteiger partial charge in [-0.25, -0.2) is 4.98 Å². The molecule has 4 heteroatoms. The Morgan fingerprint density at radius 2 is 2.44 bits per heavy atom. The minimum absolute atomic E-state index is 0.0730. The maximum atomic E-state index is 5.92. The van der Waals surface area contributed by atoms with E-state index in [2.05, 4.69) is 21.5 Å². The lowest BCUT2D eigenvalue weighted by atomic mass is 9.98. The molecule has 16 heavy (non-hydrogen) atoms. The minimum atomic E-state index is 0.0730. The van der Waals surface area contributed by atoms with E-state index >= 15 is 0 Å². The summed E-state index contributed by atoms with van der Waals surface area (Å²) in [6.07, 6.45) is 6.43. The lowest BCUT2D eigenvalue weighted by Gasteiger charge is -2.30. The Balaban J connectivity index is 2.00. The van der Waals surface area contributed by atoms with Gasteiger partial charge in [-0.3, -0.25) is 0 Å². The molecule has 1 aliphatic rings. The first-order chi connectivity index (χ1) is 7.66. The van der Waals surface area contributed by atoms with Crippen molar-refractivity contribution in [1.82, 2.24) is 14.5 Å². The summed E-state index contributed by atoms with van der Waals surface area (Å²) in [6.45, 7) is 5.50. The topological polar surface area (TPSA) is 47.1 Å². The van der Waals surface area contributed by atoms with Crippen LogP contribution in [0.1, 0.15) is 31.5 Å². The van der Waals surface area contributed by atoms with Crippen LogP contribution in [-0.2, 0) is 6.54 Å². The zero-order chi connectivity index (χ0) is 11.5. The molecule has 2 rings (SSSR count). The molecule has 4 nitrogen and oxygen atoms in total. The predicted octanol–water partition coefficient (Wildman–Crippen LogP) is 1.24. The first kappa shape index (κ1) is 11.6. The molecule has 0 aromatic carbocycles. The lowest BCUT2D eigenvalue weighted by molar-refractivity contribution is 0.193. The highest BCUT2D eigenvalue weighted by Gasteiger charge is 2.18. The normalized spacial score (nSPS) is 24.6. The molecule has 0 spiro atoms. The molecular formula is C12H22N4. The fraction of sp³-hybridized carbons (Fsp3) is 0.750. The average molecular weight is 222 g/mol. The summed E-state index contributed by atoms with van der Waals surface area (Å²) in [5.74, 6) is 0.741. The van der Waals surface area contributed by atoms with Crippen LogP contribution in [0.3, 0.4) is 0 Å². The van der Waals surface area contributed by atoms with E-state index in [-0.39, 0.29) is 6.04 Å². The van der Waals surface area contributed by atoms with E-state index < -0.39 is 0 Å². The van der Waals surface area contributed by atoms with Crippen LogP contribution in [-0.4, -0.2) is 34.6 Å². The largest absolute Gasteiger partial charge is 0.333 e. The summed E-state index contributed by atoms with van der Waals surface area (Å²) in [6, 6.07) is 0.0730. The number of nitrogens with two attached hydrogens (primary N) is 1. The Labute approximate surface area is 97.4 Å². The molecule has 1 fully saturated rings. The number of rotatable bonds is 3. The summed E-state index contributed by atoms with van der Waals surface area (Å²) in [5, 5.41) is 0. The second-order valence-corrected chi connectivity index (χ2v) is 5.03. The van der Waals surface area contributed by atoms with Crippen LogP contribution in [0.5, 0.6) is 0 Å². The molecule has 1 aromatic heterocycles. The standard InChI is InChI=1S/C12H22N4/c1-10(13)12-6-14-9-16(12)8-11-4-3-5-15(2)7-11/h6,9-11H,3-5,7-8,13H2,1-2H3/t10-,11?/m0/s1. The van der Waals surface area contributed by atoms with Gasteiger partial charge in [0.15, 0.2) is 0 Å². The van der Waals surface area contributed by atoms with E-state index in [0.29, 0.717) is 0 Å². The Morgan fingerprint density at radius 3 is 3.12 bits per heavy atom. The number of piperidine rings is 1. The van der Waals surface area contributed by atoms with Crippen LogP contribution in [0.4, 0.5) is 0 Å². The first-order valence-corrected chi connectivity index (χ1v) is 6.11. The minimum Gasteiger partial charge on any atom is -0.333 e.